The average molecular weight is 340 g/mol. The highest BCUT2D eigenvalue weighted by Gasteiger charge is 2.27. The molecule has 2 heterocycles. The fraction of sp³-hybridized carbons (Fsp3) is 0.368. The Balaban J connectivity index is 1.53. The number of hydrogen-bond donors (Lipinski definition) is 2. The Morgan fingerprint density at radius 1 is 1.32 bits per heavy atom. The van der Waals surface area contributed by atoms with Gasteiger partial charge >= 0.3 is 0 Å². The number of aromatic amines is 1. The number of benzene rings is 1. The standard InChI is InChI=1S/C19H21FN4O/c1-21-19(25)12-2-5-15(6-3-12)24-11-13(9-23-24)17-10-22-18-8-14(20)4-7-16(17)18/h4,7-12,15,22H,2-3,5-6H2,1H3,(H,21,25)/t12-,15-. The Bertz CT molecular complexity index is 905. The molecule has 2 N–H and O–H groups in total. The molecule has 1 amide bonds. The molecule has 0 saturated heterocycles. The van der Waals surface area contributed by atoms with Crippen molar-refractivity contribution in [3.8, 4) is 11.1 Å². The van der Waals surface area contributed by atoms with Crippen LogP contribution in [-0.2, 0) is 4.79 Å². The van der Waals surface area contributed by atoms with E-state index in [1.54, 1.807) is 13.1 Å². The lowest BCUT2D eigenvalue weighted by atomic mass is 9.85. The zero-order valence-corrected chi connectivity index (χ0v) is 14.1. The molecule has 5 nitrogen and oxygen atoms in total. The van der Waals surface area contributed by atoms with E-state index in [0.717, 1.165) is 47.7 Å². The van der Waals surface area contributed by atoms with Crippen molar-refractivity contribution >= 4 is 16.8 Å². The zero-order chi connectivity index (χ0) is 17.4. The third-order valence-corrected chi connectivity index (χ3v) is 5.24. The van der Waals surface area contributed by atoms with Gasteiger partial charge in [-0.25, -0.2) is 4.39 Å². The molecule has 130 valence electrons. The Labute approximate surface area is 145 Å². The average Bonchev–Trinajstić information content (AvgIpc) is 3.27. The molecule has 0 radical (unpaired) electrons. The van der Waals surface area contributed by atoms with Crippen LogP contribution in [0.1, 0.15) is 31.7 Å². The summed E-state index contributed by atoms with van der Waals surface area (Å²) < 4.78 is 15.4. The Morgan fingerprint density at radius 2 is 2.12 bits per heavy atom. The summed E-state index contributed by atoms with van der Waals surface area (Å²) in [6.45, 7) is 0. The monoisotopic (exact) mass is 340 g/mol. The third kappa shape index (κ3) is 2.92. The molecule has 2 aromatic heterocycles. The van der Waals surface area contributed by atoms with Crippen LogP contribution >= 0.6 is 0 Å². The number of nitrogens with one attached hydrogen (secondary N) is 2. The fourth-order valence-electron chi connectivity index (χ4n) is 3.82. The van der Waals surface area contributed by atoms with Crippen molar-refractivity contribution in [3.63, 3.8) is 0 Å². The van der Waals surface area contributed by atoms with E-state index in [-0.39, 0.29) is 17.6 Å². The first-order valence-corrected chi connectivity index (χ1v) is 8.68. The predicted molar refractivity (Wildman–Crippen MR) is 94.5 cm³/mol. The van der Waals surface area contributed by atoms with Crippen LogP contribution in [-0.4, -0.2) is 27.7 Å². The SMILES string of the molecule is CNC(=O)[C@H]1CC[C@H](n2cc(-c3c[nH]c4cc(F)ccc34)cn2)CC1. The number of halogens is 1. The molecular formula is C19H21FN4O. The molecule has 1 aromatic carbocycles. The van der Waals surface area contributed by atoms with Gasteiger partial charge in [-0.3, -0.25) is 9.48 Å². The number of H-pyrrole nitrogens is 1. The zero-order valence-electron chi connectivity index (χ0n) is 14.1. The van der Waals surface area contributed by atoms with Gasteiger partial charge in [0, 0.05) is 47.4 Å². The van der Waals surface area contributed by atoms with Crippen LogP contribution in [0.4, 0.5) is 4.39 Å². The Kier molecular flexibility index (Phi) is 4.03. The molecule has 0 unspecified atom stereocenters. The van der Waals surface area contributed by atoms with Gasteiger partial charge in [0.2, 0.25) is 5.91 Å². The van der Waals surface area contributed by atoms with E-state index >= 15 is 0 Å². The fourth-order valence-corrected chi connectivity index (χ4v) is 3.82. The van der Waals surface area contributed by atoms with Crippen molar-refractivity contribution in [2.45, 2.75) is 31.7 Å². The number of amides is 1. The lowest BCUT2D eigenvalue weighted by Gasteiger charge is -2.27. The van der Waals surface area contributed by atoms with E-state index in [4.69, 9.17) is 0 Å². The summed E-state index contributed by atoms with van der Waals surface area (Å²) in [6.07, 6.45) is 9.51. The van der Waals surface area contributed by atoms with Gasteiger partial charge in [0.1, 0.15) is 5.82 Å². The first-order valence-electron chi connectivity index (χ1n) is 8.68. The summed E-state index contributed by atoms with van der Waals surface area (Å²) in [7, 11) is 1.70. The van der Waals surface area contributed by atoms with Crippen molar-refractivity contribution in [3.05, 3.63) is 42.6 Å². The number of aromatic nitrogens is 3. The molecule has 0 aliphatic heterocycles. The van der Waals surface area contributed by atoms with Crippen molar-refractivity contribution in [1.82, 2.24) is 20.1 Å². The normalized spacial score (nSPS) is 20.7. The molecule has 1 fully saturated rings. The van der Waals surface area contributed by atoms with Gasteiger partial charge in [-0.15, -0.1) is 0 Å². The van der Waals surface area contributed by atoms with Gasteiger partial charge in [0.05, 0.1) is 12.2 Å². The molecular weight excluding hydrogens is 319 g/mol. The second-order valence-electron chi connectivity index (χ2n) is 6.72. The maximum atomic E-state index is 13.3. The number of carbonyl (C=O) groups excluding carboxylic acids is 1. The van der Waals surface area contributed by atoms with Gasteiger partial charge in [-0.1, -0.05) is 0 Å². The third-order valence-electron chi connectivity index (χ3n) is 5.24. The van der Waals surface area contributed by atoms with E-state index in [1.807, 2.05) is 17.1 Å². The van der Waals surface area contributed by atoms with Gasteiger partial charge in [0.15, 0.2) is 0 Å². The van der Waals surface area contributed by atoms with Crippen LogP contribution in [0.3, 0.4) is 0 Å². The lowest BCUT2D eigenvalue weighted by molar-refractivity contribution is -0.125. The lowest BCUT2D eigenvalue weighted by Crippen LogP contribution is -2.31. The van der Waals surface area contributed by atoms with Crippen LogP contribution < -0.4 is 5.32 Å². The summed E-state index contributed by atoms with van der Waals surface area (Å²) in [5.74, 6) is 0.0231. The minimum atomic E-state index is -0.246. The van der Waals surface area contributed by atoms with Crippen molar-refractivity contribution in [2.75, 3.05) is 7.05 Å². The van der Waals surface area contributed by atoms with Crippen LogP contribution in [0.15, 0.2) is 36.8 Å². The number of hydrogen-bond acceptors (Lipinski definition) is 2. The van der Waals surface area contributed by atoms with Gasteiger partial charge in [0.25, 0.3) is 0 Å². The number of carbonyl (C=O) groups is 1. The summed E-state index contributed by atoms with van der Waals surface area (Å²) in [5, 5.41) is 8.27. The van der Waals surface area contributed by atoms with Crippen molar-refractivity contribution < 1.29 is 9.18 Å². The summed E-state index contributed by atoms with van der Waals surface area (Å²) >= 11 is 0. The molecule has 25 heavy (non-hydrogen) atoms. The number of nitrogens with zero attached hydrogens (tertiary/aromatic N) is 2. The highest BCUT2D eigenvalue weighted by atomic mass is 19.1. The van der Waals surface area contributed by atoms with Crippen molar-refractivity contribution in [1.29, 1.82) is 0 Å². The maximum Gasteiger partial charge on any atom is 0.222 e. The highest BCUT2D eigenvalue weighted by molar-refractivity contribution is 5.95. The smallest absolute Gasteiger partial charge is 0.222 e. The number of rotatable bonds is 3. The molecule has 1 saturated carbocycles. The molecule has 1 aliphatic carbocycles. The molecule has 6 heteroatoms. The predicted octanol–water partition coefficient (Wildman–Crippen LogP) is 3.65. The van der Waals surface area contributed by atoms with E-state index in [2.05, 4.69) is 21.6 Å². The summed E-state index contributed by atoms with van der Waals surface area (Å²) in [4.78, 5) is 14.9. The molecule has 0 bridgehead atoms. The van der Waals surface area contributed by atoms with Crippen LogP contribution in [0, 0.1) is 11.7 Å². The van der Waals surface area contributed by atoms with Gasteiger partial charge < -0.3 is 10.3 Å². The quantitative estimate of drug-likeness (QED) is 0.764. The van der Waals surface area contributed by atoms with E-state index in [9.17, 15) is 9.18 Å². The first kappa shape index (κ1) is 15.9. The van der Waals surface area contributed by atoms with Crippen LogP contribution in [0.5, 0.6) is 0 Å². The first-order chi connectivity index (χ1) is 12.2. The van der Waals surface area contributed by atoms with Gasteiger partial charge in [-0.2, -0.15) is 5.10 Å². The largest absolute Gasteiger partial charge is 0.360 e. The molecule has 1 aliphatic rings. The van der Waals surface area contributed by atoms with Crippen LogP contribution in [0.25, 0.3) is 22.0 Å². The van der Waals surface area contributed by atoms with E-state index < -0.39 is 0 Å². The van der Waals surface area contributed by atoms with Crippen LogP contribution in [0.2, 0.25) is 0 Å². The van der Waals surface area contributed by atoms with E-state index in [1.165, 1.54) is 12.1 Å². The molecule has 0 spiro atoms. The molecule has 4 rings (SSSR count). The Hall–Kier alpha value is -2.63. The van der Waals surface area contributed by atoms with E-state index in [0.29, 0.717) is 6.04 Å². The van der Waals surface area contributed by atoms with Crippen molar-refractivity contribution in [2.24, 2.45) is 5.92 Å². The highest BCUT2D eigenvalue weighted by Crippen LogP contribution is 2.34. The summed E-state index contributed by atoms with van der Waals surface area (Å²) in [5.41, 5.74) is 2.83. The minimum absolute atomic E-state index is 0.125. The molecule has 0 atom stereocenters. The van der Waals surface area contributed by atoms with Gasteiger partial charge in [-0.05, 0) is 43.9 Å². The number of fused-ring (bicyclic) bond motifs is 1. The Morgan fingerprint density at radius 3 is 2.88 bits per heavy atom. The second-order valence-corrected chi connectivity index (χ2v) is 6.72. The molecule has 3 aromatic rings. The summed E-state index contributed by atoms with van der Waals surface area (Å²) in [6, 6.07) is 5.10. The topological polar surface area (TPSA) is 62.7 Å². The minimum Gasteiger partial charge on any atom is -0.360 e. The maximum absolute atomic E-state index is 13.3. The second kappa shape index (κ2) is 6.35.